The second-order valence-corrected chi connectivity index (χ2v) is 9.59. The molecule has 0 saturated carbocycles. The molecular formula is C24H17N7O3S. The number of tetrazole rings is 1. The summed E-state index contributed by atoms with van der Waals surface area (Å²) in [5.41, 5.74) is 1.86. The number of carbonyl (C=O) groups is 1. The van der Waals surface area contributed by atoms with Gasteiger partial charge in [0.25, 0.3) is 5.91 Å². The van der Waals surface area contributed by atoms with Crippen molar-refractivity contribution in [3.63, 3.8) is 0 Å². The van der Waals surface area contributed by atoms with E-state index < -0.39 is 15.7 Å². The summed E-state index contributed by atoms with van der Waals surface area (Å²) in [7, 11) is -2.17. The third-order valence-corrected chi connectivity index (χ3v) is 7.39. The van der Waals surface area contributed by atoms with Gasteiger partial charge in [0.2, 0.25) is 9.84 Å². The lowest BCUT2D eigenvalue weighted by Gasteiger charge is -2.11. The van der Waals surface area contributed by atoms with Crippen LogP contribution in [0.15, 0.2) is 82.6 Å². The number of aryl methyl sites for hydroxylation is 1. The second kappa shape index (κ2) is 8.51. The van der Waals surface area contributed by atoms with Gasteiger partial charge >= 0.3 is 0 Å². The number of amides is 1. The number of fused-ring (bicyclic) bond motifs is 1. The number of carbonyl (C=O) groups excluding carboxylic acids is 1. The van der Waals surface area contributed by atoms with E-state index in [2.05, 4.69) is 25.9 Å². The quantitative estimate of drug-likeness (QED) is 0.390. The maximum absolute atomic E-state index is 13.3. The van der Waals surface area contributed by atoms with Crippen molar-refractivity contribution in [3.8, 4) is 17.5 Å². The molecule has 2 aromatic heterocycles. The predicted molar refractivity (Wildman–Crippen MR) is 127 cm³/mol. The summed E-state index contributed by atoms with van der Waals surface area (Å²) in [6.07, 6.45) is 0. The first-order chi connectivity index (χ1) is 16.9. The molecule has 0 saturated heterocycles. The lowest BCUT2D eigenvalue weighted by atomic mass is 10.1. The number of para-hydroxylation sites is 1. The highest BCUT2D eigenvalue weighted by Crippen LogP contribution is 2.31. The number of nitrogens with one attached hydrogen (secondary N) is 2. The van der Waals surface area contributed by atoms with Gasteiger partial charge in [0, 0.05) is 18.0 Å². The van der Waals surface area contributed by atoms with Gasteiger partial charge in [-0.25, -0.2) is 13.5 Å². The number of aromatic nitrogens is 5. The van der Waals surface area contributed by atoms with Crippen LogP contribution in [-0.4, -0.2) is 39.5 Å². The molecule has 0 aliphatic carbocycles. The number of nitriles is 1. The summed E-state index contributed by atoms with van der Waals surface area (Å²) in [5.74, 6) is -0.184. The van der Waals surface area contributed by atoms with Gasteiger partial charge in [0.1, 0.15) is 5.69 Å². The van der Waals surface area contributed by atoms with Crippen LogP contribution >= 0.6 is 0 Å². The highest BCUT2D eigenvalue weighted by atomic mass is 32.2. The van der Waals surface area contributed by atoms with Crippen molar-refractivity contribution in [2.24, 2.45) is 7.05 Å². The number of anilines is 1. The van der Waals surface area contributed by atoms with Crippen LogP contribution in [0.5, 0.6) is 0 Å². The van der Waals surface area contributed by atoms with Crippen molar-refractivity contribution in [2.75, 3.05) is 5.32 Å². The van der Waals surface area contributed by atoms with E-state index in [1.165, 1.54) is 18.2 Å². The van der Waals surface area contributed by atoms with Crippen LogP contribution in [0, 0.1) is 11.3 Å². The van der Waals surface area contributed by atoms with Gasteiger partial charge in [-0.1, -0.05) is 30.3 Å². The van der Waals surface area contributed by atoms with E-state index in [1.54, 1.807) is 66.2 Å². The molecule has 3 aromatic carbocycles. The minimum atomic E-state index is -3.81. The Bertz CT molecular complexity index is 1720. The van der Waals surface area contributed by atoms with Crippen LogP contribution in [-0.2, 0) is 16.9 Å². The Kier molecular flexibility index (Phi) is 5.35. The first kappa shape index (κ1) is 22.0. The van der Waals surface area contributed by atoms with Gasteiger partial charge in [-0.05, 0) is 52.9 Å². The minimum Gasteiger partial charge on any atom is -0.339 e. The number of sulfone groups is 1. The third-order valence-electron chi connectivity index (χ3n) is 5.59. The van der Waals surface area contributed by atoms with Crippen molar-refractivity contribution < 1.29 is 13.2 Å². The molecule has 0 atom stereocenters. The SMILES string of the molecule is Cn1c(C(=O)Nc2ccc(C#N)cc2-c2nnn[nH]2)cc2cccc(S(=O)(=O)c3ccccc3)c21. The van der Waals surface area contributed by atoms with E-state index >= 15 is 0 Å². The smallest absolute Gasteiger partial charge is 0.272 e. The number of rotatable bonds is 5. The van der Waals surface area contributed by atoms with Crippen molar-refractivity contribution in [1.29, 1.82) is 5.26 Å². The summed E-state index contributed by atoms with van der Waals surface area (Å²) in [5, 5.41) is 26.3. The summed E-state index contributed by atoms with van der Waals surface area (Å²) >= 11 is 0. The molecule has 172 valence electrons. The topological polar surface area (TPSA) is 146 Å². The molecule has 0 radical (unpaired) electrons. The summed E-state index contributed by atoms with van der Waals surface area (Å²) < 4.78 is 28.2. The van der Waals surface area contributed by atoms with Gasteiger partial charge in [-0.2, -0.15) is 5.26 Å². The Morgan fingerprint density at radius 1 is 1.06 bits per heavy atom. The monoisotopic (exact) mass is 483 g/mol. The molecule has 0 fully saturated rings. The summed E-state index contributed by atoms with van der Waals surface area (Å²) in [4.78, 5) is 13.6. The lowest BCUT2D eigenvalue weighted by Crippen LogP contribution is -2.16. The minimum absolute atomic E-state index is 0.106. The lowest BCUT2D eigenvalue weighted by molar-refractivity contribution is 0.101. The number of benzene rings is 3. The van der Waals surface area contributed by atoms with Crippen molar-refractivity contribution in [3.05, 3.63) is 84.1 Å². The third kappa shape index (κ3) is 3.81. The average Bonchev–Trinajstić information content (AvgIpc) is 3.53. The molecule has 0 unspecified atom stereocenters. The highest BCUT2D eigenvalue weighted by molar-refractivity contribution is 7.91. The zero-order chi connectivity index (χ0) is 24.6. The van der Waals surface area contributed by atoms with Crippen LogP contribution < -0.4 is 5.32 Å². The fourth-order valence-electron chi connectivity index (χ4n) is 3.92. The van der Waals surface area contributed by atoms with E-state index in [4.69, 9.17) is 0 Å². The molecular weight excluding hydrogens is 466 g/mol. The zero-order valence-corrected chi connectivity index (χ0v) is 19.1. The van der Waals surface area contributed by atoms with Crippen LogP contribution in [0.4, 0.5) is 5.69 Å². The van der Waals surface area contributed by atoms with Gasteiger partial charge in [0.05, 0.1) is 32.6 Å². The van der Waals surface area contributed by atoms with Crippen molar-refractivity contribution >= 4 is 32.3 Å². The molecule has 11 heteroatoms. The molecule has 0 bridgehead atoms. The van der Waals surface area contributed by atoms with Gasteiger partial charge in [-0.15, -0.1) is 5.10 Å². The maximum Gasteiger partial charge on any atom is 0.272 e. The van der Waals surface area contributed by atoms with Crippen molar-refractivity contribution in [1.82, 2.24) is 25.2 Å². The van der Waals surface area contributed by atoms with E-state index in [0.29, 0.717) is 27.7 Å². The number of nitrogens with zero attached hydrogens (tertiary/aromatic N) is 5. The normalized spacial score (nSPS) is 11.3. The van der Waals surface area contributed by atoms with Crippen LogP contribution in [0.3, 0.4) is 0 Å². The second-order valence-electron chi connectivity index (χ2n) is 7.68. The molecule has 10 nitrogen and oxygen atoms in total. The largest absolute Gasteiger partial charge is 0.339 e. The molecule has 0 spiro atoms. The molecule has 2 N–H and O–H groups in total. The predicted octanol–water partition coefficient (Wildman–Crippen LogP) is 3.32. The number of hydrogen-bond acceptors (Lipinski definition) is 7. The van der Waals surface area contributed by atoms with Crippen LogP contribution in [0.2, 0.25) is 0 Å². The fraction of sp³-hybridized carbons (Fsp3) is 0.0417. The standard InChI is InChI=1S/C24H17N7O3S/c1-31-20(24(32)26-19-11-10-15(14-25)12-18(19)23-27-29-30-28-23)13-16-6-5-9-21(22(16)31)35(33,34)17-7-3-2-4-8-17/h2-13H,1H3,(H,26,32)(H,27,28,29,30). The molecule has 0 aliphatic rings. The Balaban J connectivity index is 1.58. The van der Waals surface area contributed by atoms with Gasteiger partial charge < -0.3 is 9.88 Å². The molecule has 0 aliphatic heterocycles. The van der Waals surface area contributed by atoms with Crippen LogP contribution in [0.1, 0.15) is 16.1 Å². The Labute approximate surface area is 199 Å². The molecule has 2 heterocycles. The van der Waals surface area contributed by atoms with Crippen LogP contribution in [0.25, 0.3) is 22.3 Å². The molecule has 35 heavy (non-hydrogen) atoms. The van der Waals surface area contributed by atoms with E-state index in [9.17, 15) is 18.5 Å². The zero-order valence-electron chi connectivity index (χ0n) is 18.3. The average molecular weight is 484 g/mol. The van der Waals surface area contributed by atoms with E-state index in [1.807, 2.05) is 6.07 Å². The summed E-state index contributed by atoms with van der Waals surface area (Å²) in [6.45, 7) is 0. The number of hydrogen-bond donors (Lipinski definition) is 2. The highest BCUT2D eigenvalue weighted by Gasteiger charge is 2.24. The number of aromatic amines is 1. The molecule has 5 aromatic rings. The Morgan fingerprint density at radius 2 is 1.86 bits per heavy atom. The first-order valence-electron chi connectivity index (χ1n) is 10.4. The molecule has 5 rings (SSSR count). The first-order valence-corrected chi connectivity index (χ1v) is 11.9. The van der Waals surface area contributed by atoms with Crippen molar-refractivity contribution in [2.45, 2.75) is 9.79 Å². The van der Waals surface area contributed by atoms with E-state index in [0.717, 1.165) is 0 Å². The number of H-pyrrole nitrogens is 1. The Morgan fingerprint density at radius 3 is 2.57 bits per heavy atom. The van der Waals surface area contributed by atoms with E-state index in [-0.39, 0.29) is 21.3 Å². The fourth-order valence-corrected chi connectivity index (χ4v) is 5.46. The molecule has 1 amide bonds. The Hall–Kier alpha value is -4.82. The van der Waals surface area contributed by atoms with Gasteiger partial charge in [0.15, 0.2) is 5.82 Å². The summed E-state index contributed by atoms with van der Waals surface area (Å²) in [6, 6.07) is 21.5. The maximum atomic E-state index is 13.3. The van der Waals surface area contributed by atoms with Gasteiger partial charge in [-0.3, -0.25) is 4.79 Å².